The van der Waals surface area contributed by atoms with E-state index in [4.69, 9.17) is 10.5 Å². The van der Waals surface area contributed by atoms with Crippen molar-refractivity contribution in [2.45, 2.75) is 19.4 Å². The number of aromatic carboxylic acids is 1. The number of fused-ring (bicyclic) bond motifs is 1. The molecule has 96 valence electrons. The molecule has 18 heavy (non-hydrogen) atoms. The molecule has 0 saturated carbocycles. The zero-order chi connectivity index (χ0) is 13.3. The van der Waals surface area contributed by atoms with Gasteiger partial charge in [0.15, 0.2) is 5.69 Å². The Morgan fingerprint density at radius 2 is 2.39 bits per heavy atom. The molecule has 0 bridgehead atoms. The number of methoxy groups -OCH3 is 1. The van der Waals surface area contributed by atoms with Gasteiger partial charge in [0.2, 0.25) is 0 Å². The molecule has 2 aromatic heterocycles. The first-order chi connectivity index (χ1) is 8.54. The van der Waals surface area contributed by atoms with Crippen LogP contribution in [0, 0.1) is 0 Å². The lowest BCUT2D eigenvalue weighted by Gasteiger charge is -2.06. The van der Waals surface area contributed by atoms with Crippen LogP contribution in [0.3, 0.4) is 0 Å². The second kappa shape index (κ2) is 4.66. The first-order valence-corrected chi connectivity index (χ1v) is 5.57. The summed E-state index contributed by atoms with van der Waals surface area (Å²) in [5.41, 5.74) is 6.19. The zero-order valence-corrected chi connectivity index (χ0v) is 10.3. The van der Waals surface area contributed by atoms with E-state index >= 15 is 0 Å². The van der Waals surface area contributed by atoms with Crippen LogP contribution in [-0.2, 0) is 6.42 Å². The molecule has 6 nitrogen and oxygen atoms in total. The highest BCUT2D eigenvalue weighted by molar-refractivity contribution is 5.95. The van der Waals surface area contributed by atoms with E-state index in [0.717, 1.165) is 0 Å². The number of nitrogens with two attached hydrogens (primary N) is 1. The van der Waals surface area contributed by atoms with E-state index in [0.29, 0.717) is 23.5 Å². The van der Waals surface area contributed by atoms with Crippen molar-refractivity contribution in [1.82, 2.24) is 9.38 Å². The molecule has 0 spiro atoms. The molecule has 2 heterocycles. The number of pyridine rings is 1. The summed E-state index contributed by atoms with van der Waals surface area (Å²) in [4.78, 5) is 15.4. The third kappa shape index (κ3) is 2.02. The van der Waals surface area contributed by atoms with E-state index in [1.807, 2.05) is 6.92 Å². The molecule has 0 aliphatic heterocycles. The fraction of sp³-hybridized carbons (Fsp3) is 0.333. The van der Waals surface area contributed by atoms with Gasteiger partial charge in [0.25, 0.3) is 0 Å². The van der Waals surface area contributed by atoms with Crippen LogP contribution < -0.4 is 10.5 Å². The molecule has 0 aliphatic rings. The van der Waals surface area contributed by atoms with Crippen molar-refractivity contribution < 1.29 is 14.6 Å². The Hall–Kier alpha value is -2.08. The molecular formula is C12H15N3O3. The van der Waals surface area contributed by atoms with Crippen molar-refractivity contribution in [2.24, 2.45) is 5.73 Å². The number of nitrogens with zero attached hydrogens (tertiary/aromatic N) is 2. The summed E-state index contributed by atoms with van der Waals surface area (Å²) in [6.45, 7) is 1.85. The molecule has 6 heteroatoms. The summed E-state index contributed by atoms with van der Waals surface area (Å²) in [6, 6.07) is 3.39. The van der Waals surface area contributed by atoms with Gasteiger partial charge in [0, 0.05) is 18.7 Å². The number of aromatic nitrogens is 2. The highest BCUT2D eigenvalue weighted by atomic mass is 16.5. The molecule has 0 fully saturated rings. The van der Waals surface area contributed by atoms with E-state index in [1.54, 1.807) is 22.7 Å². The van der Waals surface area contributed by atoms with E-state index < -0.39 is 5.97 Å². The van der Waals surface area contributed by atoms with Crippen LogP contribution in [-0.4, -0.2) is 33.6 Å². The third-order valence-corrected chi connectivity index (χ3v) is 2.63. The van der Waals surface area contributed by atoms with Crippen LogP contribution >= 0.6 is 0 Å². The van der Waals surface area contributed by atoms with Crippen LogP contribution in [0.1, 0.15) is 23.2 Å². The Morgan fingerprint density at radius 1 is 1.67 bits per heavy atom. The van der Waals surface area contributed by atoms with Crippen LogP contribution in [0.25, 0.3) is 5.52 Å². The Balaban J connectivity index is 2.72. The minimum Gasteiger partial charge on any atom is -0.494 e. The van der Waals surface area contributed by atoms with Crippen molar-refractivity contribution >= 4 is 11.5 Å². The first-order valence-electron chi connectivity index (χ1n) is 5.57. The first kappa shape index (κ1) is 12.4. The smallest absolute Gasteiger partial charge is 0.356 e. The Bertz CT molecular complexity index is 590. The molecule has 0 aromatic carbocycles. The summed E-state index contributed by atoms with van der Waals surface area (Å²) in [5.74, 6) is 0.0301. The van der Waals surface area contributed by atoms with E-state index in [9.17, 15) is 9.90 Å². The molecule has 2 aromatic rings. The minimum atomic E-state index is -1.08. The number of hydrogen-bond donors (Lipinski definition) is 2. The molecule has 2 rings (SSSR count). The average molecular weight is 249 g/mol. The quantitative estimate of drug-likeness (QED) is 0.841. The van der Waals surface area contributed by atoms with Crippen molar-refractivity contribution in [1.29, 1.82) is 0 Å². The van der Waals surface area contributed by atoms with Gasteiger partial charge >= 0.3 is 5.97 Å². The van der Waals surface area contributed by atoms with Crippen LogP contribution in [0.15, 0.2) is 18.3 Å². The van der Waals surface area contributed by atoms with Crippen molar-refractivity contribution in [3.8, 4) is 5.75 Å². The second-order valence-corrected chi connectivity index (χ2v) is 4.16. The van der Waals surface area contributed by atoms with E-state index in [1.165, 1.54) is 7.11 Å². The maximum atomic E-state index is 11.2. The highest BCUT2D eigenvalue weighted by Gasteiger charge is 2.20. The van der Waals surface area contributed by atoms with Gasteiger partial charge in [-0.3, -0.25) is 4.40 Å². The Kier molecular flexibility index (Phi) is 3.20. The third-order valence-electron chi connectivity index (χ3n) is 2.63. The van der Waals surface area contributed by atoms with Crippen molar-refractivity contribution in [2.75, 3.05) is 7.11 Å². The number of ether oxygens (including phenoxy) is 1. The maximum absolute atomic E-state index is 11.2. The molecule has 0 saturated heterocycles. The lowest BCUT2D eigenvalue weighted by molar-refractivity contribution is 0.0693. The number of rotatable bonds is 4. The maximum Gasteiger partial charge on any atom is 0.356 e. The topological polar surface area (TPSA) is 89.9 Å². The number of carboxylic acids is 1. The summed E-state index contributed by atoms with van der Waals surface area (Å²) in [5, 5.41) is 9.19. The number of carboxylic acid groups (broad SMARTS) is 1. The summed E-state index contributed by atoms with van der Waals surface area (Å²) < 4.78 is 6.90. The van der Waals surface area contributed by atoms with Crippen LogP contribution in [0.2, 0.25) is 0 Å². The van der Waals surface area contributed by atoms with Crippen molar-refractivity contribution in [3.05, 3.63) is 29.8 Å². The summed E-state index contributed by atoms with van der Waals surface area (Å²) in [6.07, 6.45) is 2.26. The predicted molar refractivity (Wildman–Crippen MR) is 66.1 cm³/mol. The van der Waals surface area contributed by atoms with Gasteiger partial charge in [-0.25, -0.2) is 9.78 Å². The monoisotopic (exact) mass is 249 g/mol. The lowest BCUT2D eigenvalue weighted by Crippen LogP contribution is -2.19. The lowest BCUT2D eigenvalue weighted by atomic mass is 10.2. The fourth-order valence-corrected chi connectivity index (χ4v) is 1.92. The summed E-state index contributed by atoms with van der Waals surface area (Å²) >= 11 is 0. The second-order valence-electron chi connectivity index (χ2n) is 4.16. The Labute approximate surface area is 104 Å². The molecule has 0 radical (unpaired) electrons. The van der Waals surface area contributed by atoms with Crippen LogP contribution in [0.4, 0.5) is 0 Å². The van der Waals surface area contributed by atoms with Gasteiger partial charge < -0.3 is 15.6 Å². The van der Waals surface area contributed by atoms with Gasteiger partial charge in [0.05, 0.1) is 7.11 Å². The Morgan fingerprint density at radius 3 is 2.94 bits per heavy atom. The minimum absolute atomic E-state index is 0.0110. The van der Waals surface area contributed by atoms with Crippen molar-refractivity contribution in [3.63, 3.8) is 0 Å². The molecule has 1 atom stereocenters. The van der Waals surface area contributed by atoms with E-state index in [2.05, 4.69) is 4.98 Å². The molecule has 1 unspecified atom stereocenters. The molecule has 3 N–H and O–H groups in total. The number of hydrogen-bond acceptors (Lipinski definition) is 4. The molecule has 0 aliphatic carbocycles. The normalized spacial score (nSPS) is 12.6. The largest absolute Gasteiger partial charge is 0.494 e. The van der Waals surface area contributed by atoms with Gasteiger partial charge in [-0.1, -0.05) is 0 Å². The highest BCUT2D eigenvalue weighted by Crippen LogP contribution is 2.24. The zero-order valence-electron chi connectivity index (χ0n) is 10.3. The van der Waals surface area contributed by atoms with Gasteiger partial charge in [-0.05, 0) is 19.1 Å². The average Bonchev–Trinajstić information content (AvgIpc) is 2.67. The molecular weight excluding hydrogens is 234 g/mol. The SMILES string of the molecule is COc1cccn2c(CC(C)N)nc(C(=O)O)c12. The van der Waals surface area contributed by atoms with E-state index in [-0.39, 0.29) is 11.7 Å². The van der Waals surface area contributed by atoms with Gasteiger partial charge in [-0.15, -0.1) is 0 Å². The summed E-state index contributed by atoms with van der Waals surface area (Å²) in [7, 11) is 1.50. The van der Waals surface area contributed by atoms with Gasteiger partial charge in [0.1, 0.15) is 17.1 Å². The predicted octanol–water partition coefficient (Wildman–Crippen LogP) is 0.931. The number of carbonyl (C=O) groups is 1. The van der Waals surface area contributed by atoms with Crippen LogP contribution in [0.5, 0.6) is 5.75 Å². The standard InChI is InChI=1S/C12H15N3O3/c1-7(13)6-9-14-10(12(16)17)11-8(18-2)4-3-5-15(9)11/h3-5,7H,6,13H2,1-2H3,(H,16,17). The fourth-order valence-electron chi connectivity index (χ4n) is 1.92. The number of imidazole rings is 1. The van der Waals surface area contributed by atoms with Gasteiger partial charge in [-0.2, -0.15) is 0 Å². The molecule has 0 amide bonds.